The van der Waals surface area contributed by atoms with Crippen LogP contribution in [-0.4, -0.2) is 28.2 Å². The first-order valence-electron chi connectivity index (χ1n) is 7.39. The first-order chi connectivity index (χ1) is 10.9. The summed E-state index contributed by atoms with van der Waals surface area (Å²) in [5, 5.41) is 7.13. The van der Waals surface area contributed by atoms with Gasteiger partial charge in [-0.2, -0.15) is 4.98 Å². The molecular weight excluding hydrogens is 318 g/mol. The summed E-state index contributed by atoms with van der Waals surface area (Å²) >= 11 is 5.92. The van der Waals surface area contributed by atoms with Gasteiger partial charge < -0.3 is 14.6 Å². The summed E-state index contributed by atoms with van der Waals surface area (Å²) in [5.41, 5.74) is -0.994. The highest BCUT2D eigenvalue weighted by Gasteiger charge is 2.29. The van der Waals surface area contributed by atoms with Gasteiger partial charge in [-0.15, -0.1) is 0 Å². The van der Waals surface area contributed by atoms with E-state index in [1.165, 1.54) is 0 Å². The zero-order valence-corrected chi connectivity index (χ0v) is 14.2. The van der Waals surface area contributed by atoms with E-state index < -0.39 is 5.60 Å². The Morgan fingerprint density at radius 3 is 2.87 bits per heavy atom. The van der Waals surface area contributed by atoms with Gasteiger partial charge >= 0.3 is 0 Å². The number of hydrogen-bond acceptors (Lipinski definition) is 5. The molecule has 0 spiro atoms. The Morgan fingerprint density at radius 2 is 2.22 bits per heavy atom. The first-order valence-corrected chi connectivity index (χ1v) is 7.77. The third-order valence-corrected chi connectivity index (χ3v) is 3.37. The van der Waals surface area contributed by atoms with Crippen LogP contribution in [0.1, 0.15) is 32.0 Å². The monoisotopic (exact) mass is 337 g/mol. The van der Waals surface area contributed by atoms with Crippen LogP contribution in [0.3, 0.4) is 0 Å². The number of hydrogen-bond donors (Lipinski definition) is 1. The lowest BCUT2D eigenvalue weighted by atomic mass is 10.1. The van der Waals surface area contributed by atoms with Gasteiger partial charge in [0, 0.05) is 18.0 Å². The molecule has 124 valence electrons. The minimum Gasteiger partial charge on any atom is -0.478 e. The van der Waals surface area contributed by atoms with Gasteiger partial charge in [-0.25, -0.2) is 0 Å². The molecule has 0 bridgehead atoms. The summed E-state index contributed by atoms with van der Waals surface area (Å²) in [7, 11) is 0. The summed E-state index contributed by atoms with van der Waals surface area (Å²) in [6, 6.07) is 6.96. The molecule has 0 unspecified atom stereocenters. The highest BCUT2D eigenvalue weighted by atomic mass is 35.5. The van der Waals surface area contributed by atoms with Crippen LogP contribution < -0.4 is 10.1 Å². The van der Waals surface area contributed by atoms with Gasteiger partial charge in [0.1, 0.15) is 5.75 Å². The van der Waals surface area contributed by atoms with Gasteiger partial charge in [0.05, 0.1) is 0 Å². The SMILES string of the molecule is Cc1noc(CCCNC(=O)C(C)(C)Oc2cccc(Cl)c2)n1. The number of amides is 1. The maximum absolute atomic E-state index is 12.2. The quantitative estimate of drug-likeness (QED) is 0.786. The van der Waals surface area contributed by atoms with E-state index in [4.69, 9.17) is 20.9 Å². The van der Waals surface area contributed by atoms with E-state index in [2.05, 4.69) is 15.5 Å². The van der Waals surface area contributed by atoms with Crippen LogP contribution in [0.25, 0.3) is 0 Å². The number of aromatic nitrogens is 2. The third kappa shape index (κ3) is 5.25. The molecule has 0 aliphatic rings. The van der Waals surface area contributed by atoms with Crippen molar-refractivity contribution >= 4 is 17.5 Å². The van der Waals surface area contributed by atoms with Crippen LogP contribution in [0.5, 0.6) is 5.75 Å². The van der Waals surface area contributed by atoms with Gasteiger partial charge in [-0.05, 0) is 45.4 Å². The van der Waals surface area contributed by atoms with E-state index in [0.29, 0.717) is 41.9 Å². The Balaban J connectivity index is 1.79. The predicted octanol–water partition coefficient (Wildman–Crippen LogP) is 2.94. The molecule has 0 aliphatic heterocycles. The molecule has 1 N–H and O–H groups in total. The molecule has 1 heterocycles. The molecule has 0 saturated carbocycles. The number of nitrogens with zero attached hydrogens (tertiary/aromatic N) is 2. The number of nitrogens with one attached hydrogen (secondary N) is 1. The zero-order valence-electron chi connectivity index (χ0n) is 13.4. The maximum atomic E-state index is 12.2. The molecule has 0 fully saturated rings. The van der Waals surface area contributed by atoms with E-state index in [1.54, 1.807) is 45.0 Å². The summed E-state index contributed by atoms with van der Waals surface area (Å²) < 4.78 is 10.7. The van der Waals surface area contributed by atoms with Gasteiger partial charge in [0.25, 0.3) is 5.91 Å². The van der Waals surface area contributed by atoms with Crippen LogP contribution in [-0.2, 0) is 11.2 Å². The zero-order chi connectivity index (χ0) is 16.9. The van der Waals surface area contributed by atoms with E-state index in [1.807, 2.05) is 0 Å². The van der Waals surface area contributed by atoms with Crippen LogP contribution in [0.4, 0.5) is 0 Å². The van der Waals surface area contributed by atoms with Crippen LogP contribution in [0.2, 0.25) is 5.02 Å². The molecule has 2 rings (SSSR count). The second-order valence-electron chi connectivity index (χ2n) is 5.66. The van der Waals surface area contributed by atoms with Crippen LogP contribution in [0, 0.1) is 6.92 Å². The Labute approximate surface area is 140 Å². The molecule has 1 aromatic carbocycles. The summed E-state index contributed by atoms with van der Waals surface area (Å²) in [6.45, 7) is 5.70. The van der Waals surface area contributed by atoms with Crippen LogP contribution >= 0.6 is 11.6 Å². The minimum atomic E-state index is -0.994. The lowest BCUT2D eigenvalue weighted by Gasteiger charge is -2.25. The Kier molecular flexibility index (Phi) is 5.60. The van der Waals surface area contributed by atoms with Crippen molar-refractivity contribution in [2.45, 2.75) is 39.2 Å². The number of aryl methyl sites for hydroxylation is 2. The van der Waals surface area contributed by atoms with Crippen molar-refractivity contribution in [2.24, 2.45) is 0 Å². The number of benzene rings is 1. The van der Waals surface area contributed by atoms with Gasteiger partial charge in [-0.3, -0.25) is 4.79 Å². The number of ether oxygens (including phenoxy) is 1. The smallest absolute Gasteiger partial charge is 0.263 e. The first kappa shape index (κ1) is 17.3. The van der Waals surface area contributed by atoms with Gasteiger partial charge in [0.2, 0.25) is 5.89 Å². The van der Waals surface area contributed by atoms with E-state index in [-0.39, 0.29) is 5.91 Å². The average molecular weight is 338 g/mol. The van der Waals surface area contributed by atoms with E-state index >= 15 is 0 Å². The molecule has 0 aliphatic carbocycles. The Hall–Kier alpha value is -2.08. The van der Waals surface area contributed by atoms with E-state index in [9.17, 15) is 4.79 Å². The summed E-state index contributed by atoms with van der Waals surface area (Å²) in [5.74, 6) is 1.55. The Bertz CT molecular complexity index is 670. The molecule has 2 aromatic rings. The van der Waals surface area contributed by atoms with Crippen LogP contribution in [0.15, 0.2) is 28.8 Å². The second-order valence-corrected chi connectivity index (χ2v) is 6.10. The predicted molar refractivity (Wildman–Crippen MR) is 86.5 cm³/mol. The Morgan fingerprint density at radius 1 is 1.43 bits per heavy atom. The fourth-order valence-electron chi connectivity index (χ4n) is 1.97. The van der Waals surface area contributed by atoms with Crippen molar-refractivity contribution < 1.29 is 14.1 Å². The van der Waals surface area contributed by atoms with Crippen molar-refractivity contribution in [1.29, 1.82) is 0 Å². The fourth-order valence-corrected chi connectivity index (χ4v) is 2.15. The molecule has 1 aromatic heterocycles. The number of halogens is 1. The summed E-state index contributed by atoms with van der Waals surface area (Å²) in [6.07, 6.45) is 1.33. The standard InChI is InChI=1S/C16H20ClN3O3/c1-11-19-14(23-20-11)8-5-9-18-15(21)16(2,3)22-13-7-4-6-12(17)10-13/h4,6-7,10H,5,8-9H2,1-3H3,(H,18,21). The van der Waals surface area contributed by atoms with Gasteiger partial charge in [0.15, 0.2) is 11.4 Å². The highest BCUT2D eigenvalue weighted by molar-refractivity contribution is 6.30. The molecule has 1 amide bonds. The molecule has 0 saturated heterocycles. The number of carbonyl (C=O) groups is 1. The molecule has 0 radical (unpaired) electrons. The average Bonchev–Trinajstić information content (AvgIpc) is 2.88. The van der Waals surface area contributed by atoms with Crippen molar-refractivity contribution in [1.82, 2.24) is 15.5 Å². The van der Waals surface area contributed by atoms with E-state index in [0.717, 1.165) is 0 Å². The third-order valence-electron chi connectivity index (χ3n) is 3.14. The number of carbonyl (C=O) groups excluding carboxylic acids is 1. The maximum Gasteiger partial charge on any atom is 0.263 e. The lowest BCUT2D eigenvalue weighted by Crippen LogP contribution is -2.46. The van der Waals surface area contributed by atoms with Crippen molar-refractivity contribution in [3.63, 3.8) is 0 Å². The molecule has 6 nitrogen and oxygen atoms in total. The number of rotatable bonds is 7. The van der Waals surface area contributed by atoms with Crippen molar-refractivity contribution in [2.75, 3.05) is 6.54 Å². The fraction of sp³-hybridized carbons (Fsp3) is 0.438. The minimum absolute atomic E-state index is 0.195. The van der Waals surface area contributed by atoms with Crippen molar-refractivity contribution in [3.8, 4) is 5.75 Å². The molecular formula is C16H20ClN3O3. The largest absolute Gasteiger partial charge is 0.478 e. The second kappa shape index (κ2) is 7.46. The summed E-state index contributed by atoms with van der Waals surface area (Å²) in [4.78, 5) is 16.4. The van der Waals surface area contributed by atoms with Gasteiger partial charge in [-0.1, -0.05) is 22.8 Å². The van der Waals surface area contributed by atoms with Crippen molar-refractivity contribution in [3.05, 3.63) is 41.0 Å². The lowest BCUT2D eigenvalue weighted by molar-refractivity contribution is -0.134. The normalized spacial score (nSPS) is 11.3. The molecule has 7 heteroatoms. The molecule has 23 heavy (non-hydrogen) atoms. The highest BCUT2D eigenvalue weighted by Crippen LogP contribution is 2.22. The topological polar surface area (TPSA) is 77.2 Å². The molecule has 0 atom stereocenters.